The zero-order chi connectivity index (χ0) is 16.4. The lowest BCUT2D eigenvalue weighted by atomic mass is 10.0. The normalized spacial score (nSPS) is 11.1. The number of fused-ring (bicyclic) bond motifs is 1. The number of aromatic amines is 1. The number of nitrogens with zero attached hydrogens (tertiary/aromatic N) is 2. The molecule has 3 rings (SSSR count). The van der Waals surface area contributed by atoms with Crippen molar-refractivity contribution in [2.45, 2.75) is 0 Å². The number of hydrogen-bond acceptors (Lipinski definition) is 5. The molecule has 2 aromatic heterocycles. The van der Waals surface area contributed by atoms with E-state index in [4.69, 9.17) is 0 Å². The number of H-pyrrole nitrogens is 1. The maximum Gasteiger partial charge on any atom is 0.198 e. The number of carbonyl (C=O) groups is 1. The Morgan fingerprint density at radius 1 is 1.30 bits per heavy atom. The van der Waals surface area contributed by atoms with Crippen molar-refractivity contribution in [1.82, 2.24) is 14.3 Å². The third-order valence-corrected chi connectivity index (χ3v) is 3.94. The predicted octanol–water partition coefficient (Wildman–Crippen LogP) is 3.47. The zero-order valence-corrected chi connectivity index (χ0v) is 13.4. The van der Waals surface area contributed by atoms with Crippen LogP contribution >= 0.6 is 12.1 Å². The molecule has 0 spiro atoms. The van der Waals surface area contributed by atoms with Gasteiger partial charge in [0.1, 0.15) is 11.5 Å². The summed E-state index contributed by atoms with van der Waals surface area (Å²) >= 11 is 1.34. The average molecular weight is 330 g/mol. The van der Waals surface area contributed by atoms with Crippen LogP contribution in [0.1, 0.15) is 15.9 Å². The molecule has 0 saturated carbocycles. The van der Waals surface area contributed by atoms with E-state index < -0.39 is 5.82 Å². The van der Waals surface area contributed by atoms with Crippen LogP contribution in [0, 0.1) is 5.82 Å². The molecule has 0 atom stereocenters. The van der Waals surface area contributed by atoms with Gasteiger partial charge in [0, 0.05) is 41.2 Å². The summed E-state index contributed by atoms with van der Waals surface area (Å²) in [6.45, 7) is 0. The summed E-state index contributed by atoms with van der Waals surface area (Å²) in [6, 6.07) is 7.94. The molecule has 2 N–H and O–H groups in total. The second kappa shape index (κ2) is 6.39. The summed E-state index contributed by atoms with van der Waals surface area (Å²) in [7, 11) is 3.76. The zero-order valence-electron chi connectivity index (χ0n) is 12.6. The van der Waals surface area contributed by atoms with Crippen LogP contribution in [-0.4, -0.2) is 34.2 Å². The van der Waals surface area contributed by atoms with Gasteiger partial charge >= 0.3 is 0 Å². The van der Waals surface area contributed by atoms with Gasteiger partial charge < -0.3 is 9.71 Å². The van der Waals surface area contributed by atoms with Crippen molar-refractivity contribution in [2.75, 3.05) is 18.8 Å². The van der Waals surface area contributed by atoms with E-state index in [2.05, 4.69) is 14.7 Å². The molecular weight excluding hydrogens is 315 g/mol. The lowest BCUT2D eigenvalue weighted by Crippen LogP contribution is -2.07. The van der Waals surface area contributed by atoms with Crippen LogP contribution in [0.15, 0.2) is 42.7 Å². The molecule has 1 aromatic carbocycles. The first-order valence-corrected chi connectivity index (χ1v) is 7.70. The SMILES string of the molecule is CN(C)SNc1ccc(F)c(C(=O)c2c[nH]c3ncccc23)c1. The number of aromatic nitrogens is 2. The molecule has 0 aliphatic carbocycles. The first-order valence-electron chi connectivity index (χ1n) is 6.93. The lowest BCUT2D eigenvalue weighted by molar-refractivity contribution is 0.103. The number of hydrogen-bond donors (Lipinski definition) is 2. The van der Waals surface area contributed by atoms with Gasteiger partial charge in [-0.3, -0.25) is 4.79 Å². The van der Waals surface area contributed by atoms with Gasteiger partial charge in [-0.15, -0.1) is 0 Å². The Hall–Kier alpha value is -2.38. The van der Waals surface area contributed by atoms with Crippen molar-refractivity contribution in [3.8, 4) is 0 Å². The maximum absolute atomic E-state index is 14.1. The highest BCUT2D eigenvalue weighted by Gasteiger charge is 2.18. The fourth-order valence-corrected chi connectivity index (χ4v) is 2.61. The summed E-state index contributed by atoms with van der Waals surface area (Å²) < 4.78 is 19.0. The first kappa shape index (κ1) is 15.5. The molecule has 0 fully saturated rings. The fraction of sp³-hybridized carbons (Fsp3) is 0.125. The Bertz CT molecular complexity index is 862. The van der Waals surface area contributed by atoms with Crippen LogP contribution in [0.5, 0.6) is 0 Å². The summed E-state index contributed by atoms with van der Waals surface area (Å²) in [4.78, 5) is 19.8. The summed E-state index contributed by atoms with van der Waals surface area (Å²) in [5.74, 6) is -0.922. The Morgan fingerprint density at radius 2 is 2.13 bits per heavy atom. The smallest absolute Gasteiger partial charge is 0.198 e. The van der Waals surface area contributed by atoms with Gasteiger partial charge in [0.2, 0.25) is 0 Å². The monoisotopic (exact) mass is 330 g/mol. The summed E-state index contributed by atoms with van der Waals surface area (Å²) in [5, 5.41) is 0.679. The minimum Gasteiger partial charge on any atom is -0.345 e. The highest BCUT2D eigenvalue weighted by Crippen LogP contribution is 2.24. The Kier molecular flexibility index (Phi) is 4.31. The molecule has 0 amide bonds. The minimum absolute atomic E-state index is 0.0270. The average Bonchev–Trinajstić information content (AvgIpc) is 2.97. The molecule has 7 heteroatoms. The lowest BCUT2D eigenvalue weighted by Gasteiger charge is -2.11. The van der Waals surface area contributed by atoms with Crippen LogP contribution in [0.2, 0.25) is 0 Å². The number of rotatable bonds is 5. The van der Waals surface area contributed by atoms with E-state index in [0.29, 0.717) is 22.3 Å². The van der Waals surface area contributed by atoms with Crippen LogP contribution in [0.4, 0.5) is 10.1 Å². The number of anilines is 1. The standard InChI is InChI=1S/C16H15FN4OS/c1-21(2)23-20-10-5-6-14(17)12(8-10)15(22)13-9-19-16-11(13)4-3-7-18-16/h3-9,20H,1-2H3,(H,18,19). The van der Waals surface area contributed by atoms with Crippen molar-refractivity contribution in [3.63, 3.8) is 0 Å². The molecule has 23 heavy (non-hydrogen) atoms. The first-order chi connectivity index (χ1) is 11.1. The van der Waals surface area contributed by atoms with Crippen LogP contribution in [-0.2, 0) is 0 Å². The molecule has 0 unspecified atom stereocenters. The molecule has 118 valence electrons. The maximum atomic E-state index is 14.1. The highest BCUT2D eigenvalue weighted by atomic mass is 32.2. The van der Waals surface area contributed by atoms with E-state index >= 15 is 0 Å². The van der Waals surface area contributed by atoms with Crippen LogP contribution < -0.4 is 4.72 Å². The predicted molar refractivity (Wildman–Crippen MR) is 90.8 cm³/mol. The van der Waals surface area contributed by atoms with Gasteiger partial charge in [-0.25, -0.2) is 13.7 Å². The molecule has 5 nitrogen and oxygen atoms in total. The number of ketones is 1. The van der Waals surface area contributed by atoms with Gasteiger partial charge in [0.05, 0.1) is 5.56 Å². The third-order valence-electron chi connectivity index (χ3n) is 3.25. The number of benzene rings is 1. The number of nitrogens with one attached hydrogen (secondary N) is 2. The van der Waals surface area contributed by atoms with Crippen molar-refractivity contribution < 1.29 is 9.18 Å². The molecule has 0 aliphatic rings. The molecule has 3 aromatic rings. The second-order valence-corrected chi connectivity index (χ2v) is 6.25. The second-order valence-electron chi connectivity index (χ2n) is 5.13. The van der Waals surface area contributed by atoms with Crippen LogP contribution in [0.25, 0.3) is 11.0 Å². The van der Waals surface area contributed by atoms with Crippen LogP contribution in [0.3, 0.4) is 0 Å². The molecule has 0 aliphatic heterocycles. The quantitative estimate of drug-likeness (QED) is 0.554. The Morgan fingerprint density at radius 3 is 2.91 bits per heavy atom. The van der Waals surface area contributed by atoms with Gasteiger partial charge in [-0.2, -0.15) is 0 Å². The molecule has 0 bridgehead atoms. The molecule has 0 saturated heterocycles. The topological polar surface area (TPSA) is 61.0 Å². The molecule has 2 heterocycles. The van der Waals surface area contributed by atoms with E-state index in [1.165, 1.54) is 24.3 Å². The summed E-state index contributed by atoms with van der Waals surface area (Å²) in [6.07, 6.45) is 3.20. The van der Waals surface area contributed by atoms with E-state index in [1.807, 2.05) is 18.4 Å². The largest absolute Gasteiger partial charge is 0.345 e. The van der Waals surface area contributed by atoms with E-state index in [0.717, 1.165) is 0 Å². The number of pyridine rings is 1. The Labute approximate surface area is 137 Å². The van der Waals surface area contributed by atoms with E-state index in [9.17, 15) is 9.18 Å². The van der Waals surface area contributed by atoms with Crippen molar-refractivity contribution in [1.29, 1.82) is 0 Å². The van der Waals surface area contributed by atoms with Gasteiger partial charge in [0.25, 0.3) is 0 Å². The van der Waals surface area contributed by atoms with E-state index in [1.54, 1.807) is 30.6 Å². The molecule has 0 radical (unpaired) electrons. The summed E-state index contributed by atoms with van der Waals surface area (Å²) in [5.41, 5.74) is 1.70. The third kappa shape index (κ3) is 3.20. The van der Waals surface area contributed by atoms with Gasteiger partial charge in [-0.1, -0.05) is 0 Å². The highest BCUT2D eigenvalue weighted by molar-refractivity contribution is 7.98. The minimum atomic E-state index is -0.548. The van der Waals surface area contributed by atoms with Crippen molar-refractivity contribution in [2.24, 2.45) is 0 Å². The fourth-order valence-electron chi connectivity index (χ4n) is 2.20. The van der Waals surface area contributed by atoms with Gasteiger partial charge in [0.15, 0.2) is 5.78 Å². The Balaban J connectivity index is 1.97. The molecular formula is C16H15FN4OS. The number of carbonyl (C=O) groups excluding carboxylic acids is 1. The van der Waals surface area contributed by atoms with Crippen molar-refractivity contribution >= 4 is 34.6 Å². The van der Waals surface area contributed by atoms with Gasteiger partial charge in [-0.05, 0) is 44.4 Å². The van der Waals surface area contributed by atoms with E-state index in [-0.39, 0.29) is 11.3 Å². The van der Waals surface area contributed by atoms with Crippen molar-refractivity contribution in [3.05, 3.63) is 59.7 Å². The number of halogens is 1.